The number of para-hydroxylation sites is 1. The molecule has 0 heterocycles. The van der Waals surface area contributed by atoms with Crippen molar-refractivity contribution in [1.29, 1.82) is 0 Å². The number of amides is 2. The smallest absolute Gasteiger partial charge is 0.261 e. The molecule has 0 saturated heterocycles. The molecule has 3 aromatic carbocycles. The molecular weight excluding hydrogens is 514 g/mol. The Bertz CT molecular complexity index is 1160. The number of hydrogen-bond donors (Lipinski definition) is 3. The van der Waals surface area contributed by atoms with E-state index < -0.39 is 5.91 Å². The number of nitrogens with one attached hydrogen (secondary N) is 3. The molecule has 0 unspecified atom stereocenters. The van der Waals surface area contributed by atoms with Crippen LogP contribution >= 0.6 is 28.1 Å². The summed E-state index contributed by atoms with van der Waals surface area (Å²) in [5, 5.41) is 8.64. The maximum Gasteiger partial charge on any atom is 0.261 e. The van der Waals surface area contributed by atoms with E-state index in [0.29, 0.717) is 35.7 Å². The minimum Gasteiger partial charge on any atom is -0.493 e. The SMILES string of the molecule is CCCOc1ccc(Br)cc1C(=O)NC(=S)Nc1ccccc1C(=O)NCCc1ccccc1. The van der Waals surface area contributed by atoms with Crippen molar-refractivity contribution in [2.24, 2.45) is 0 Å². The molecule has 34 heavy (non-hydrogen) atoms. The summed E-state index contributed by atoms with van der Waals surface area (Å²) in [4.78, 5) is 25.6. The predicted octanol–water partition coefficient (Wildman–Crippen LogP) is 5.34. The van der Waals surface area contributed by atoms with Crippen LogP contribution in [0.2, 0.25) is 0 Å². The molecule has 0 fully saturated rings. The highest BCUT2D eigenvalue weighted by Crippen LogP contribution is 2.23. The van der Waals surface area contributed by atoms with Crippen LogP contribution in [0.25, 0.3) is 0 Å². The maximum atomic E-state index is 12.9. The molecule has 0 radical (unpaired) electrons. The van der Waals surface area contributed by atoms with Crippen LogP contribution in [-0.2, 0) is 6.42 Å². The van der Waals surface area contributed by atoms with Gasteiger partial charge in [0.15, 0.2) is 5.11 Å². The summed E-state index contributed by atoms with van der Waals surface area (Å²) in [7, 11) is 0. The van der Waals surface area contributed by atoms with E-state index in [2.05, 4.69) is 31.9 Å². The first-order valence-corrected chi connectivity index (χ1v) is 12.1. The Hall–Kier alpha value is -3.23. The Balaban J connectivity index is 1.63. The zero-order chi connectivity index (χ0) is 24.3. The Morgan fingerprint density at radius 2 is 1.68 bits per heavy atom. The van der Waals surface area contributed by atoms with Crippen LogP contribution in [0.15, 0.2) is 77.3 Å². The minimum atomic E-state index is -0.408. The molecule has 0 aromatic heterocycles. The molecule has 3 N–H and O–H groups in total. The highest BCUT2D eigenvalue weighted by Gasteiger charge is 2.17. The normalized spacial score (nSPS) is 10.3. The number of ether oxygens (including phenoxy) is 1. The van der Waals surface area contributed by atoms with Gasteiger partial charge in [-0.2, -0.15) is 0 Å². The van der Waals surface area contributed by atoms with Crippen molar-refractivity contribution in [3.8, 4) is 5.75 Å². The van der Waals surface area contributed by atoms with Gasteiger partial charge in [0.2, 0.25) is 0 Å². The molecule has 176 valence electrons. The van der Waals surface area contributed by atoms with Gasteiger partial charge in [-0.15, -0.1) is 0 Å². The number of rotatable bonds is 9. The van der Waals surface area contributed by atoms with Crippen LogP contribution in [0.1, 0.15) is 39.6 Å². The Morgan fingerprint density at radius 3 is 2.44 bits per heavy atom. The fourth-order valence-corrected chi connectivity index (χ4v) is 3.76. The minimum absolute atomic E-state index is 0.0796. The molecule has 0 bridgehead atoms. The lowest BCUT2D eigenvalue weighted by Gasteiger charge is -2.15. The molecule has 3 rings (SSSR count). The van der Waals surface area contributed by atoms with E-state index in [-0.39, 0.29) is 11.0 Å². The number of carbonyl (C=O) groups excluding carboxylic acids is 2. The summed E-state index contributed by atoms with van der Waals surface area (Å²) in [5.41, 5.74) is 2.44. The Labute approximate surface area is 213 Å². The molecule has 6 nitrogen and oxygen atoms in total. The van der Waals surface area contributed by atoms with Gasteiger partial charge in [-0.3, -0.25) is 14.9 Å². The van der Waals surface area contributed by atoms with E-state index >= 15 is 0 Å². The fraction of sp³-hybridized carbons (Fsp3) is 0.192. The van der Waals surface area contributed by atoms with Crippen molar-refractivity contribution >= 4 is 50.8 Å². The van der Waals surface area contributed by atoms with Crippen LogP contribution < -0.4 is 20.7 Å². The average molecular weight is 540 g/mol. The molecule has 0 saturated carbocycles. The number of hydrogen-bond acceptors (Lipinski definition) is 4. The third kappa shape index (κ3) is 7.40. The second-order valence-corrected chi connectivity index (χ2v) is 8.76. The predicted molar refractivity (Wildman–Crippen MR) is 143 cm³/mol. The summed E-state index contributed by atoms with van der Waals surface area (Å²) >= 11 is 8.73. The largest absolute Gasteiger partial charge is 0.493 e. The van der Waals surface area contributed by atoms with Gasteiger partial charge < -0.3 is 15.4 Å². The van der Waals surface area contributed by atoms with Crippen LogP contribution in [0.4, 0.5) is 5.69 Å². The van der Waals surface area contributed by atoms with Crippen LogP contribution in [0.5, 0.6) is 5.75 Å². The third-order valence-electron chi connectivity index (χ3n) is 4.84. The molecule has 0 aliphatic carbocycles. The van der Waals surface area contributed by atoms with Gasteiger partial charge in [0.25, 0.3) is 11.8 Å². The molecule has 0 aliphatic heterocycles. The van der Waals surface area contributed by atoms with Gasteiger partial charge in [-0.25, -0.2) is 0 Å². The van der Waals surface area contributed by atoms with Crippen molar-refractivity contribution in [3.63, 3.8) is 0 Å². The van der Waals surface area contributed by atoms with E-state index in [1.165, 1.54) is 0 Å². The van der Waals surface area contributed by atoms with Crippen molar-refractivity contribution in [1.82, 2.24) is 10.6 Å². The highest BCUT2D eigenvalue weighted by atomic mass is 79.9. The zero-order valence-electron chi connectivity index (χ0n) is 18.8. The Morgan fingerprint density at radius 1 is 0.941 bits per heavy atom. The Kier molecular flexibility index (Phi) is 9.61. The molecule has 3 aromatic rings. The molecular formula is C26H26BrN3O3S. The van der Waals surface area contributed by atoms with Gasteiger partial charge in [0, 0.05) is 11.0 Å². The second-order valence-electron chi connectivity index (χ2n) is 7.43. The summed E-state index contributed by atoms with van der Waals surface area (Å²) < 4.78 is 6.43. The summed E-state index contributed by atoms with van der Waals surface area (Å²) in [6.45, 7) is 2.99. The lowest BCUT2D eigenvalue weighted by Crippen LogP contribution is -2.35. The summed E-state index contributed by atoms with van der Waals surface area (Å²) in [6.07, 6.45) is 1.55. The molecule has 2 amide bonds. The first-order chi connectivity index (χ1) is 16.5. The zero-order valence-corrected chi connectivity index (χ0v) is 21.2. The highest BCUT2D eigenvalue weighted by molar-refractivity contribution is 9.10. The van der Waals surface area contributed by atoms with Crippen molar-refractivity contribution in [2.45, 2.75) is 19.8 Å². The average Bonchev–Trinajstić information content (AvgIpc) is 2.84. The lowest BCUT2D eigenvalue weighted by atomic mass is 10.1. The van der Waals surface area contributed by atoms with E-state index in [1.807, 2.05) is 43.3 Å². The quantitative estimate of drug-likeness (QED) is 0.320. The van der Waals surface area contributed by atoms with Crippen molar-refractivity contribution < 1.29 is 14.3 Å². The van der Waals surface area contributed by atoms with Crippen molar-refractivity contribution in [3.05, 3.63) is 94.0 Å². The van der Waals surface area contributed by atoms with Gasteiger partial charge in [-0.05, 0) is 61.0 Å². The van der Waals surface area contributed by atoms with Gasteiger partial charge in [0.1, 0.15) is 5.75 Å². The number of thiocarbonyl (C=S) groups is 1. The van der Waals surface area contributed by atoms with E-state index in [1.54, 1.807) is 36.4 Å². The van der Waals surface area contributed by atoms with Gasteiger partial charge in [-0.1, -0.05) is 65.3 Å². The monoisotopic (exact) mass is 539 g/mol. The standard InChI is InChI=1S/C26H26BrN3O3S/c1-2-16-33-23-13-12-19(27)17-21(23)25(32)30-26(34)29-22-11-7-6-10-20(22)24(31)28-15-14-18-8-4-3-5-9-18/h3-13,17H,2,14-16H2,1H3,(H,28,31)(H2,29,30,32,34). The maximum absolute atomic E-state index is 12.9. The third-order valence-corrected chi connectivity index (χ3v) is 5.53. The first kappa shape index (κ1) is 25.4. The van der Waals surface area contributed by atoms with E-state index in [4.69, 9.17) is 17.0 Å². The summed E-state index contributed by atoms with van der Waals surface area (Å²) in [5.74, 6) is -0.159. The molecule has 0 aliphatic rings. The van der Waals surface area contributed by atoms with Gasteiger partial charge >= 0.3 is 0 Å². The molecule has 8 heteroatoms. The van der Waals surface area contributed by atoms with E-state index in [0.717, 1.165) is 22.9 Å². The molecule has 0 spiro atoms. The fourth-order valence-electron chi connectivity index (χ4n) is 3.19. The number of anilines is 1. The number of benzene rings is 3. The second kappa shape index (κ2) is 12.9. The first-order valence-electron chi connectivity index (χ1n) is 10.9. The van der Waals surface area contributed by atoms with Crippen molar-refractivity contribution in [2.75, 3.05) is 18.5 Å². The number of halogens is 1. The topological polar surface area (TPSA) is 79.5 Å². The van der Waals surface area contributed by atoms with Crippen LogP contribution in [0, 0.1) is 0 Å². The van der Waals surface area contributed by atoms with Crippen LogP contribution in [-0.4, -0.2) is 30.1 Å². The van der Waals surface area contributed by atoms with Gasteiger partial charge in [0.05, 0.1) is 23.4 Å². The summed E-state index contributed by atoms with van der Waals surface area (Å²) in [6, 6.07) is 22.2. The lowest BCUT2D eigenvalue weighted by molar-refractivity contribution is 0.0952. The number of carbonyl (C=O) groups is 2. The van der Waals surface area contributed by atoms with E-state index in [9.17, 15) is 9.59 Å². The molecule has 0 atom stereocenters. The van der Waals surface area contributed by atoms with Crippen LogP contribution in [0.3, 0.4) is 0 Å².